The van der Waals surface area contributed by atoms with Crippen LogP contribution >= 0.6 is 11.8 Å². The van der Waals surface area contributed by atoms with Crippen LogP contribution in [0.3, 0.4) is 0 Å². The number of amides is 2. The third kappa shape index (κ3) is 4.06. The number of nitrogens with one attached hydrogen (secondary N) is 2. The van der Waals surface area contributed by atoms with Crippen molar-refractivity contribution in [2.24, 2.45) is 5.41 Å². The minimum absolute atomic E-state index is 0.0356. The smallest absolute Gasteiger partial charge is 0.243 e. The molecule has 26 heavy (non-hydrogen) atoms. The Kier molecular flexibility index (Phi) is 5.61. The van der Waals surface area contributed by atoms with Crippen LogP contribution in [-0.2, 0) is 16.0 Å². The van der Waals surface area contributed by atoms with Crippen LogP contribution in [0.25, 0.3) is 10.9 Å². The molecule has 0 saturated carbocycles. The van der Waals surface area contributed by atoms with Gasteiger partial charge >= 0.3 is 0 Å². The van der Waals surface area contributed by atoms with Crippen molar-refractivity contribution in [2.45, 2.75) is 39.7 Å². The fraction of sp³-hybridized carbons (Fsp3) is 0.500. The summed E-state index contributed by atoms with van der Waals surface area (Å²) in [5.74, 6) is 1.28. The summed E-state index contributed by atoms with van der Waals surface area (Å²) in [6.07, 6.45) is 3.83. The molecule has 1 atom stereocenters. The van der Waals surface area contributed by atoms with E-state index in [4.69, 9.17) is 0 Å². The summed E-state index contributed by atoms with van der Waals surface area (Å²) in [4.78, 5) is 30.1. The maximum Gasteiger partial charge on any atom is 0.243 e. The summed E-state index contributed by atoms with van der Waals surface area (Å²) < 4.78 is 0. The Bertz CT molecular complexity index is 794. The second-order valence-electron chi connectivity index (χ2n) is 7.79. The van der Waals surface area contributed by atoms with Crippen LogP contribution in [0.1, 0.15) is 32.8 Å². The number of nitrogens with zero attached hydrogens (tertiary/aromatic N) is 1. The maximum atomic E-state index is 12.5. The third-order valence-electron chi connectivity index (χ3n) is 4.68. The molecule has 140 valence electrons. The number of rotatable bonds is 5. The molecule has 0 radical (unpaired) electrons. The van der Waals surface area contributed by atoms with Gasteiger partial charge in [0, 0.05) is 34.8 Å². The van der Waals surface area contributed by atoms with Crippen molar-refractivity contribution in [2.75, 3.05) is 18.2 Å². The summed E-state index contributed by atoms with van der Waals surface area (Å²) in [6.45, 7) is 6.31. The highest BCUT2D eigenvalue weighted by atomic mass is 32.2. The molecule has 0 bridgehead atoms. The number of aromatic nitrogens is 1. The number of carbonyl (C=O) groups excluding carboxylic acids is 2. The van der Waals surface area contributed by atoms with E-state index in [1.54, 1.807) is 16.7 Å². The van der Waals surface area contributed by atoms with Crippen molar-refractivity contribution in [1.29, 1.82) is 0 Å². The highest BCUT2D eigenvalue weighted by Crippen LogP contribution is 2.27. The molecule has 2 amide bonds. The van der Waals surface area contributed by atoms with Gasteiger partial charge < -0.3 is 15.2 Å². The van der Waals surface area contributed by atoms with E-state index >= 15 is 0 Å². The molecule has 1 aliphatic rings. The van der Waals surface area contributed by atoms with Gasteiger partial charge in [0.05, 0.1) is 5.88 Å². The molecular weight excluding hydrogens is 346 g/mol. The molecule has 1 aromatic carbocycles. The summed E-state index contributed by atoms with van der Waals surface area (Å²) in [5.41, 5.74) is 1.96. The van der Waals surface area contributed by atoms with Gasteiger partial charge in [-0.2, -0.15) is 0 Å². The maximum absolute atomic E-state index is 12.5. The average molecular weight is 374 g/mol. The van der Waals surface area contributed by atoms with Gasteiger partial charge in [-0.05, 0) is 24.5 Å². The van der Waals surface area contributed by atoms with E-state index in [2.05, 4.69) is 22.4 Å². The summed E-state index contributed by atoms with van der Waals surface area (Å²) in [6, 6.07) is 7.90. The fourth-order valence-electron chi connectivity index (χ4n) is 3.24. The Labute approximate surface area is 158 Å². The molecule has 1 aliphatic heterocycles. The van der Waals surface area contributed by atoms with Crippen molar-refractivity contribution < 1.29 is 9.59 Å². The largest absolute Gasteiger partial charge is 0.361 e. The Morgan fingerprint density at radius 1 is 1.31 bits per heavy atom. The third-order valence-corrected chi connectivity index (χ3v) is 5.70. The minimum atomic E-state index is -0.460. The molecular formula is C20H27N3O2S. The quantitative estimate of drug-likeness (QED) is 0.791. The van der Waals surface area contributed by atoms with Crippen molar-refractivity contribution in [3.05, 3.63) is 36.0 Å². The molecule has 1 fully saturated rings. The van der Waals surface area contributed by atoms with Crippen molar-refractivity contribution in [3.8, 4) is 0 Å². The van der Waals surface area contributed by atoms with Gasteiger partial charge in [0.25, 0.3) is 0 Å². The van der Waals surface area contributed by atoms with Gasteiger partial charge in [-0.15, -0.1) is 11.8 Å². The van der Waals surface area contributed by atoms with E-state index < -0.39 is 5.41 Å². The van der Waals surface area contributed by atoms with Gasteiger partial charge in [0.2, 0.25) is 11.8 Å². The SMILES string of the molecule is CC(C)(C)C(=O)N1CSCC1C(=O)NCCCc1c[nH]c2ccccc12. The number of carbonyl (C=O) groups is 2. The van der Waals surface area contributed by atoms with Crippen molar-refractivity contribution in [3.63, 3.8) is 0 Å². The predicted molar refractivity (Wildman–Crippen MR) is 107 cm³/mol. The lowest BCUT2D eigenvalue weighted by Gasteiger charge is -2.29. The molecule has 0 aliphatic carbocycles. The number of aryl methyl sites for hydroxylation is 1. The van der Waals surface area contributed by atoms with E-state index in [1.165, 1.54) is 10.9 Å². The molecule has 2 N–H and O–H groups in total. The average Bonchev–Trinajstić information content (AvgIpc) is 3.24. The highest BCUT2D eigenvalue weighted by Gasteiger charge is 2.38. The molecule has 0 spiro atoms. The van der Waals surface area contributed by atoms with Crippen LogP contribution in [0, 0.1) is 5.41 Å². The Morgan fingerprint density at radius 3 is 2.85 bits per heavy atom. The zero-order chi connectivity index (χ0) is 18.7. The second kappa shape index (κ2) is 7.74. The number of benzene rings is 1. The zero-order valence-electron chi connectivity index (χ0n) is 15.7. The lowest BCUT2D eigenvalue weighted by Crippen LogP contribution is -2.50. The van der Waals surface area contributed by atoms with E-state index in [9.17, 15) is 9.59 Å². The number of hydrogen-bond donors (Lipinski definition) is 2. The molecule has 1 aromatic heterocycles. The Morgan fingerprint density at radius 2 is 2.08 bits per heavy atom. The van der Waals surface area contributed by atoms with Crippen LogP contribution in [0.5, 0.6) is 0 Å². The Hall–Kier alpha value is -1.95. The molecule has 2 heterocycles. The first-order chi connectivity index (χ1) is 12.4. The van der Waals surface area contributed by atoms with Crippen molar-refractivity contribution >= 4 is 34.5 Å². The van der Waals surface area contributed by atoms with Gasteiger partial charge in [-0.25, -0.2) is 0 Å². The van der Waals surface area contributed by atoms with E-state index in [1.807, 2.05) is 39.1 Å². The van der Waals surface area contributed by atoms with Crippen LogP contribution in [0.15, 0.2) is 30.5 Å². The first-order valence-corrected chi connectivity index (χ1v) is 10.2. The van der Waals surface area contributed by atoms with Crippen LogP contribution in [0.2, 0.25) is 0 Å². The number of H-pyrrole nitrogens is 1. The molecule has 1 saturated heterocycles. The first kappa shape index (κ1) is 18.8. The fourth-order valence-corrected chi connectivity index (χ4v) is 4.39. The summed E-state index contributed by atoms with van der Waals surface area (Å²) >= 11 is 1.64. The Balaban J connectivity index is 1.50. The molecule has 2 aromatic rings. The number of fused-ring (bicyclic) bond motifs is 1. The molecule has 3 rings (SSSR count). The van der Waals surface area contributed by atoms with Gasteiger partial charge in [-0.1, -0.05) is 39.0 Å². The lowest BCUT2D eigenvalue weighted by atomic mass is 9.94. The van der Waals surface area contributed by atoms with Crippen LogP contribution < -0.4 is 5.32 Å². The monoisotopic (exact) mass is 373 g/mol. The van der Waals surface area contributed by atoms with E-state index in [0.717, 1.165) is 18.4 Å². The molecule has 6 heteroatoms. The first-order valence-electron chi connectivity index (χ1n) is 9.09. The highest BCUT2D eigenvalue weighted by molar-refractivity contribution is 7.99. The standard InChI is InChI=1S/C20H27N3O2S/c1-20(2,3)19(25)23-13-26-12-17(23)18(24)21-10-6-7-14-11-22-16-9-5-4-8-15(14)16/h4-5,8-9,11,17,22H,6-7,10,12-13H2,1-3H3,(H,21,24). The van der Waals surface area contributed by atoms with E-state index in [0.29, 0.717) is 18.2 Å². The van der Waals surface area contributed by atoms with Crippen LogP contribution in [-0.4, -0.2) is 45.9 Å². The molecule has 5 nitrogen and oxygen atoms in total. The van der Waals surface area contributed by atoms with Gasteiger partial charge in [0.1, 0.15) is 6.04 Å². The summed E-state index contributed by atoms with van der Waals surface area (Å²) in [5, 5.41) is 4.26. The topological polar surface area (TPSA) is 65.2 Å². The normalized spacial score (nSPS) is 17.7. The number of aromatic amines is 1. The number of hydrogen-bond acceptors (Lipinski definition) is 3. The minimum Gasteiger partial charge on any atom is -0.361 e. The number of thioether (sulfide) groups is 1. The second-order valence-corrected chi connectivity index (χ2v) is 8.79. The van der Waals surface area contributed by atoms with Gasteiger partial charge in [-0.3, -0.25) is 9.59 Å². The van der Waals surface area contributed by atoms with Gasteiger partial charge in [0.15, 0.2) is 0 Å². The summed E-state index contributed by atoms with van der Waals surface area (Å²) in [7, 11) is 0. The number of para-hydroxylation sites is 1. The predicted octanol–water partition coefficient (Wildman–Crippen LogP) is 3.16. The van der Waals surface area contributed by atoms with Crippen LogP contribution in [0.4, 0.5) is 0 Å². The van der Waals surface area contributed by atoms with E-state index in [-0.39, 0.29) is 17.9 Å². The molecule has 1 unspecified atom stereocenters. The lowest BCUT2D eigenvalue weighted by molar-refractivity contribution is -0.144. The zero-order valence-corrected chi connectivity index (χ0v) is 16.5. The van der Waals surface area contributed by atoms with Crippen molar-refractivity contribution in [1.82, 2.24) is 15.2 Å².